The van der Waals surface area contributed by atoms with Crippen molar-refractivity contribution in [3.05, 3.63) is 35.9 Å². The van der Waals surface area contributed by atoms with Gasteiger partial charge in [0.2, 0.25) is 0 Å². The minimum absolute atomic E-state index is 0.0153. The molecule has 8 aliphatic rings. The molecular weight excluding hydrogens is 800 g/mol. The number of rotatable bonds is 11. The maximum atomic E-state index is 14.8. The van der Waals surface area contributed by atoms with E-state index in [1.54, 1.807) is 0 Å². The number of alkyl halides is 1. The molecule has 0 amide bonds. The summed E-state index contributed by atoms with van der Waals surface area (Å²) in [7, 11) is -3.02. The Kier molecular flexibility index (Phi) is 11.3. The van der Waals surface area contributed by atoms with Gasteiger partial charge in [0.05, 0.1) is 29.4 Å². The van der Waals surface area contributed by atoms with Crippen molar-refractivity contribution in [3.8, 4) is 0 Å². The maximum Gasteiger partial charge on any atom is 0.309 e. The number of fused-ring (bicyclic) bond motifs is 7. The van der Waals surface area contributed by atoms with Crippen LogP contribution in [0.15, 0.2) is 30.3 Å². The Hall–Kier alpha value is -2.04. The number of carbonyl (C=O) groups excluding carboxylic acids is 2. The molecule has 1 aromatic rings. The van der Waals surface area contributed by atoms with Crippen LogP contribution in [0.25, 0.3) is 0 Å². The summed E-state index contributed by atoms with van der Waals surface area (Å²) in [6.07, 6.45) is 14.5. The van der Waals surface area contributed by atoms with E-state index in [2.05, 4.69) is 51.8 Å². The SMILES string of the molecule is CC1([C@@H]2CC[C@]3(NC[C@H](CF)N4CCS(=O)(=O)CC4)CC[C@]4(C)[C@H](CC[C@@H]5[C@@]6(C)CC[C@H](OC(=O)[C@H]7C[C@@H](C(=O)OCc8ccccc8)C7(C)C)C(C)(C)[C@@H]6CC[C@]54C)[C@@H]23)CC1. The van der Waals surface area contributed by atoms with Crippen molar-refractivity contribution in [2.24, 2.45) is 73.9 Å². The third kappa shape index (κ3) is 7.08. The summed E-state index contributed by atoms with van der Waals surface area (Å²) in [5.41, 5.74) is 1.25. The Labute approximate surface area is 373 Å². The number of hydrogen-bond donors (Lipinski definition) is 1. The second kappa shape index (κ2) is 15.5. The van der Waals surface area contributed by atoms with E-state index in [1.165, 1.54) is 51.4 Å². The molecule has 1 aromatic carbocycles. The van der Waals surface area contributed by atoms with Gasteiger partial charge in [-0.05, 0) is 146 Å². The zero-order chi connectivity index (χ0) is 44.3. The standard InChI is InChI=1S/C52H79FN2O6S/c1-46(2)38(44(56)60-33-34-12-10-9-11-13-34)30-39(46)45(57)61-42-18-19-49(6)40(47(42,3)4)17-20-51(8)41(49)15-14-37-43-36(48(5)22-23-48)16-21-52(43,25-24-50(37,51)7)54-32-35(31-53)55-26-28-62(58,59)29-27-55/h9-13,35-43,54H,14-33H2,1-8H3/t35-,36+,37+,38-,39+,40-,41+,42-,43+,49-,50+,51+,52-/m0/s1. The minimum Gasteiger partial charge on any atom is -0.462 e. The van der Waals surface area contributed by atoms with Crippen LogP contribution in [-0.2, 0) is 35.5 Å². The van der Waals surface area contributed by atoms with Gasteiger partial charge in [-0.3, -0.25) is 14.5 Å². The van der Waals surface area contributed by atoms with Crippen LogP contribution in [0.5, 0.6) is 0 Å². The number of benzene rings is 1. The van der Waals surface area contributed by atoms with Crippen LogP contribution in [0.4, 0.5) is 4.39 Å². The first-order valence-corrected chi connectivity index (χ1v) is 26.6. The van der Waals surface area contributed by atoms with Crippen LogP contribution in [0.1, 0.15) is 144 Å². The Morgan fingerprint density at radius 2 is 1.45 bits per heavy atom. The average molecular weight is 879 g/mol. The molecule has 1 aliphatic heterocycles. The first kappa shape index (κ1) is 45.1. The summed E-state index contributed by atoms with van der Waals surface area (Å²) >= 11 is 0. The number of nitrogens with zero attached hydrogens (tertiary/aromatic N) is 1. The maximum absolute atomic E-state index is 14.8. The van der Waals surface area contributed by atoms with Crippen LogP contribution in [-0.4, -0.2) is 80.8 Å². The van der Waals surface area contributed by atoms with Gasteiger partial charge < -0.3 is 14.8 Å². The average Bonchev–Trinajstić information content (AvgIpc) is 3.85. The molecule has 1 heterocycles. The quantitative estimate of drug-likeness (QED) is 0.220. The molecule has 9 rings (SSSR count). The highest BCUT2D eigenvalue weighted by molar-refractivity contribution is 7.91. The van der Waals surface area contributed by atoms with Gasteiger partial charge in [-0.25, -0.2) is 12.8 Å². The molecule has 1 saturated heterocycles. The molecule has 0 bridgehead atoms. The molecule has 10 heteroatoms. The molecule has 0 radical (unpaired) electrons. The monoisotopic (exact) mass is 879 g/mol. The normalized spacial score (nSPS) is 44.0. The fraction of sp³-hybridized carbons (Fsp3) is 0.846. The number of ether oxygens (including phenoxy) is 2. The number of nitrogens with one attached hydrogen (secondary N) is 1. The van der Waals surface area contributed by atoms with E-state index in [1.807, 2.05) is 44.2 Å². The van der Waals surface area contributed by atoms with E-state index >= 15 is 0 Å². The fourth-order valence-corrected chi connectivity index (χ4v) is 18.1. The van der Waals surface area contributed by atoms with Crippen molar-refractivity contribution in [1.82, 2.24) is 10.2 Å². The van der Waals surface area contributed by atoms with Gasteiger partial charge in [-0.1, -0.05) is 85.7 Å². The van der Waals surface area contributed by atoms with Crippen LogP contribution < -0.4 is 5.32 Å². The van der Waals surface area contributed by atoms with Gasteiger partial charge in [0.15, 0.2) is 9.84 Å². The molecule has 0 spiro atoms. The molecule has 8 fully saturated rings. The van der Waals surface area contributed by atoms with Gasteiger partial charge in [0, 0.05) is 30.6 Å². The van der Waals surface area contributed by atoms with E-state index in [0.717, 1.165) is 31.2 Å². The van der Waals surface area contributed by atoms with E-state index in [4.69, 9.17) is 9.47 Å². The first-order valence-electron chi connectivity index (χ1n) is 24.8. The Bertz CT molecular complexity index is 1970. The van der Waals surface area contributed by atoms with Gasteiger partial charge >= 0.3 is 11.9 Å². The Morgan fingerprint density at radius 3 is 2.11 bits per heavy atom. The van der Waals surface area contributed by atoms with Crippen LogP contribution in [0.3, 0.4) is 0 Å². The van der Waals surface area contributed by atoms with E-state index in [0.29, 0.717) is 61.1 Å². The second-order valence-electron chi connectivity index (χ2n) is 24.6. The molecule has 346 valence electrons. The summed E-state index contributed by atoms with van der Waals surface area (Å²) in [4.78, 5) is 29.3. The predicted octanol–water partition coefficient (Wildman–Crippen LogP) is 9.60. The summed E-state index contributed by atoms with van der Waals surface area (Å²) in [6.45, 7) is 20.6. The second-order valence-corrected chi connectivity index (χ2v) is 26.9. The molecular formula is C52H79FN2O6S. The topological polar surface area (TPSA) is 102 Å². The van der Waals surface area contributed by atoms with E-state index in [9.17, 15) is 22.4 Å². The number of hydrogen-bond acceptors (Lipinski definition) is 8. The summed E-state index contributed by atoms with van der Waals surface area (Å²) < 4.78 is 51.6. The first-order chi connectivity index (χ1) is 29.1. The molecule has 13 atom stereocenters. The molecule has 0 aromatic heterocycles. The van der Waals surface area contributed by atoms with Crippen LogP contribution in [0.2, 0.25) is 0 Å². The Morgan fingerprint density at radius 1 is 0.758 bits per heavy atom. The summed E-state index contributed by atoms with van der Waals surface area (Å²) in [6, 6.07) is 9.47. The van der Waals surface area contributed by atoms with Crippen molar-refractivity contribution in [3.63, 3.8) is 0 Å². The molecule has 1 N–H and O–H groups in total. The zero-order valence-electron chi connectivity index (χ0n) is 39.4. The number of esters is 2. The molecule has 8 nitrogen and oxygen atoms in total. The number of carbonyl (C=O) groups is 2. The third-order valence-electron chi connectivity index (χ3n) is 21.4. The smallest absolute Gasteiger partial charge is 0.309 e. The number of sulfone groups is 1. The summed E-state index contributed by atoms with van der Waals surface area (Å²) in [5.74, 6) is 2.20. The highest BCUT2D eigenvalue weighted by atomic mass is 32.2. The fourth-order valence-electron chi connectivity index (χ4n) is 16.9. The van der Waals surface area contributed by atoms with Gasteiger partial charge in [0.1, 0.15) is 19.4 Å². The molecule has 62 heavy (non-hydrogen) atoms. The Balaban J connectivity index is 0.887. The summed E-state index contributed by atoms with van der Waals surface area (Å²) in [5, 5.41) is 4.16. The lowest BCUT2D eigenvalue weighted by Crippen LogP contribution is -2.69. The van der Waals surface area contributed by atoms with Crippen molar-refractivity contribution < 1.29 is 31.9 Å². The predicted molar refractivity (Wildman–Crippen MR) is 241 cm³/mol. The molecule has 7 aliphatic carbocycles. The molecule has 7 saturated carbocycles. The molecule has 0 unspecified atom stereocenters. The lowest BCUT2D eigenvalue weighted by atomic mass is 9.32. The number of halogens is 1. The van der Waals surface area contributed by atoms with Gasteiger partial charge in [0.25, 0.3) is 0 Å². The van der Waals surface area contributed by atoms with Crippen molar-refractivity contribution in [2.45, 2.75) is 163 Å². The van der Waals surface area contributed by atoms with Gasteiger partial charge in [-0.15, -0.1) is 0 Å². The van der Waals surface area contributed by atoms with Crippen molar-refractivity contribution >= 4 is 21.8 Å². The minimum atomic E-state index is -3.02. The van der Waals surface area contributed by atoms with Crippen molar-refractivity contribution in [2.75, 3.05) is 37.8 Å². The zero-order valence-corrected chi connectivity index (χ0v) is 40.2. The lowest BCUT2D eigenvalue weighted by molar-refractivity contribution is -0.250. The highest BCUT2D eigenvalue weighted by Crippen LogP contribution is 2.78. The van der Waals surface area contributed by atoms with Crippen LogP contribution in [0, 0.1) is 73.9 Å². The van der Waals surface area contributed by atoms with Crippen LogP contribution >= 0.6 is 0 Å². The van der Waals surface area contributed by atoms with Gasteiger partial charge in [-0.2, -0.15) is 0 Å². The highest BCUT2D eigenvalue weighted by Gasteiger charge is 2.72. The van der Waals surface area contributed by atoms with E-state index in [-0.39, 0.29) is 81.2 Å². The third-order valence-corrected chi connectivity index (χ3v) is 23.0. The lowest BCUT2D eigenvalue weighted by Gasteiger charge is -2.73. The largest absolute Gasteiger partial charge is 0.462 e. The van der Waals surface area contributed by atoms with E-state index < -0.39 is 21.9 Å². The van der Waals surface area contributed by atoms with Crippen molar-refractivity contribution in [1.29, 1.82) is 0 Å².